The molecule has 0 unspecified atom stereocenters. The number of benzene rings is 2. The first-order chi connectivity index (χ1) is 12.2. The molecular weight excluding hydrogens is 344 g/mol. The summed E-state index contributed by atoms with van der Waals surface area (Å²) in [5.74, 6) is 0. The van der Waals surface area contributed by atoms with Gasteiger partial charge in [0.2, 0.25) is 10.0 Å². The summed E-state index contributed by atoms with van der Waals surface area (Å²) in [4.78, 5) is 3.82. The van der Waals surface area contributed by atoms with Gasteiger partial charge in [0.15, 0.2) is 0 Å². The van der Waals surface area contributed by atoms with Gasteiger partial charge in [-0.1, -0.05) is 35.9 Å². The van der Waals surface area contributed by atoms with Crippen LogP contribution in [0.25, 0.3) is 10.9 Å². The number of H-pyrrole nitrogens is 1. The predicted molar refractivity (Wildman–Crippen MR) is 107 cm³/mol. The van der Waals surface area contributed by atoms with Crippen molar-refractivity contribution < 1.29 is 8.42 Å². The van der Waals surface area contributed by atoms with Gasteiger partial charge in [0, 0.05) is 23.1 Å². The smallest absolute Gasteiger partial charge is 0.241 e. The molecule has 3 rings (SSSR count). The first-order valence-electron chi connectivity index (χ1n) is 8.85. The van der Waals surface area contributed by atoms with Crippen LogP contribution < -0.4 is 4.72 Å². The molecule has 0 fully saturated rings. The Hall–Kier alpha value is -2.11. The van der Waals surface area contributed by atoms with Gasteiger partial charge in [0.1, 0.15) is 0 Å². The lowest BCUT2D eigenvalue weighted by molar-refractivity contribution is 0.580. The minimum Gasteiger partial charge on any atom is -0.358 e. The van der Waals surface area contributed by atoms with E-state index >= 15 is 0 Å². The van der Waals surface area contributed by atoms with Crippen LogP contribution in [0.4, 0.5) is 0 Å². The number of hydrogen-bond acceptors (Lipinski definition) is 2. The summed E-state index contributed by atoms with van der Waals surface area (Å²) in [6, 6.07) is 10.0. The Bertz CT molecular complexity index is 1060. The fraction of sp³-hybridized carbons (Fsp3) is 0.333. The molecule has 1 aromatic heterocycles. The van der Waals surface area contributed by atoms with Crippen molar-refractivity contribution in [2.75, 3.05) is 6.54 Å². The molecule has 2 aromatic carbocycles. The standard InChI is InChI=1S/C21H26N2O2S/c1-13-11-15(3)21(16(4)12-13)26(24,25)22-10-9-18-17(5)23-20-14(2)7-6-8-19(18)20/h6-8,11-12,22-23H,9-10H2,1-5H3. The summed E-state index contributed by atoms with van der Waals surface area (Å²) in [5, 5.41) is 1.17. The zero-order valence-corrected chi connectivity index (χ0v) is 16.8. The number of hydrogen-bond donors (Lipinski definition) is 2. The number of aromatic amines is 1. The van der Waals surface area contributed by atoms with Crippen LogP contribution in [0.2, 0.25) is 0 Å². The lowest BCUT2D eigenvalue weighted by Crippen LogP contribution is -2.27. The highest BCUT2D eigenvalue weighted by molar-refractivity contribution is 7.89. The molecule has 26 heavy (non-hydrogen) atoms. The van der Waals surface area contributed by atoms with E-state index in [4.69, 9.17) is 0 Å². The third-order valence-electron chi connectivity index (χ3n) is 4.90. The van der Waals surface area contributed by atoms with Crippen molar-refractivity contribution in [3.63, 3.8) is 0 Å². The van der Waals surface area contributed by atoms with Crippen molar-refractivity contribution in [1.82, 2.24) is 9.71 Å². The second-order valence-corrected chi connectivity index (χ2v) is 8.81. The zero-order chi connectivity index (χ0) is 19.1. The predicted octanol–water partition coefficient (Wildman–Crippen LogP) is 4.23. The SMILES string of the molecule is Cc1cc(C)c(S(=O)(=O)NCCc2c(C)[nH]c3c(C)cccc23)c(C)c1. The van der Waals surface area contributed by atoms with Crippen LogP contribution in [0, 0.1) is 34.6 Å². The lowest BCUT2D eigenvalue weighted by atomic mass is 10.1. The zero-order valence-electron chi connectivity index (χ0n) is 16.0. The Kier molecular flexibility index (Phi) is 4.95. The maximum Gasteiger partial charge on any atom is 0.241 e. The van der Waals surface area contributed by atoms with E-state index in [9.17, 15) is 8.42 Å². The fourth-order valence-corrected chi connectivity index (χ4v) is 5.33. The molecule has 0 bridgehead atoms. The molecule has 1 heterocycles. The number of aryl methyl sites for hydroxylation is 5. The van der Waals surface area contributed by atoms with Crippen LogP contribution in [-0.2, 0) is 16.4 Å². The van der Waals surface area contributed by atoms with Gasteiger partial charge in [0.25, 0.3) is 0 Å². The molecule has 3 aromatic rings. The van der Waals surface area contributed by atoms with Crippen molar-refractivity contribution in [3.05, 3.63) is 63.8 Å². The monoisotopic (exact) mass is 370 g/mol. The molecule has 0 spiro atoms. The molecule has 0 radical (unpaired) electrons. The molecule has 0 saturated heterocycles. The number of nitrogens with one attached hydrogen (secondary N) is 2. The maximum absolute atomic E-state index is 12.8. The first kappa shape index (κ1) is 18.7. The van der Waals surface area contributed by atoms with Crippen molar-refractivity contribution in [2.24, 2.45) is 0 Å². The van der Waals surface area contributed by atoms with Crippen LogP contribution in [0.15, 0.2) is 35.2 Å². The topological polar surface area (TPSA) is 62.0 Å². The summed E-state index contributed by atoms with van der Waals surface area (Å²) in [7, 11) is -3.53. The highest BCUT2D eigenvalue weighted by atomic mass is 32.2. The van der Waals surface area contributed by atoms with Gasteiger partial charge in [0.05, 0.1) is 4.90 Å². The number of rotatable bonds is 5. The third kappa shape index (κ3) is 3.41. The molecule has 0 atom stereocenters. The van der Waals surface area contributed by atoms with Gasteiger partial charge in [-0.3, -0.25) is 0 Å². The molecule has 0 aliphatic rings. The number of aromatic nitrogens is 1. The van der Waals surface area contributed by atoms with Crippen molar-refractivity contribution in [1.29, 1.82) is 0 Å². The van der Waals surface area contributed by atoms with Crippen LogP contribution >= 0.6 is 0 Å². The Morgan fingerprint density at radius 1 is 0.962 bits per heavy atom. The van der Waals surface area contributed by atoms with Gasteiger partial charge < -0.3 is 4.98 Å². The molecule has 0 aliphatic carbocycles. The van der Waals surface area contributed by atoms with E-state index in [1.54, 1.807) is 0 Å². The minimum absolute atomic E-state index is 0.372. The second-order valence-electron chi connectivity index (χ2n) is 7.10. The maximum atomic E-state index is 12.8. The average Bonchev–Trinajstić information content (AvgIpc) is 2.83. The van der Waals surface area contributed by atoms with Crippen molar-refractivity contribution in [2.45, 2.75) is 45.9 Å². The largest absolute Gasteiger partial charge is 0.358 e. The van der Waals surface area contributed by atoms with E-state index in [1.165, 1.54) is 16.5 Å². The van der Waals surface area contributed by atoms with Crippen LogP contribution in [0.3, 0.4) is 0 Å². The summed E-state index contributed by atoms with van der Waals surface area (Å²) >= 11 is 0. The van der Waals surface area contributed by atoms with E-state index in [-0.39, 0.29) is 0 Å². The Morgan fingerprint density at radius 3 is 2.27 bits per heavy atom. The average molecular weight is 371 g/mol. The van der Waals surface area contributed by atoms with Gasteiger partial charge in [-0.25, -0.2) is 13.1 Å². The molecule has 0 aliphatic heterocycles. The number of para-hydroxylation sites is 1. The van der Waals surface area contributed by atoms with Crippen molar-refractivity contribution in [3.8, 4) is 0 Å². The highest BCUT2D eigenvalue weighted by Crippen LogP contribution is 2.25. The van der Waals surface area contributed by atoms with E-state index in [0.717, 1.165) is 27.9 Å². The molecular formula is C21H26N2O2S. The molecule has 4 nitrogen and oxygen atoms in total. The number of sulfonamides is 1. The second kappa shape index (κ2) is 6.89. The van der Waals surface area contributed by atoms with Crippen LogP contribution in [-0.4, -0.2) is 19.9 Å². The van der Waals surface area contributed by atoms with Crippen LogP contribution in [0.5, 0.6) is 0 Å². The lowest BCUT2D eigenvalue weighted by Gasteiger charge is -2.13. The van der Waals surface area contributed by atoms with Gasteiger partial charge in [-0.15, -0.1) is 0 Å². The summed E-state index contributed by atoms with van der Waals surface area (Å²) in [6.45, 7) is 10.2. The van der Waals surface area contributed by atoms with Gasteiger partial charge >= 0.3 is 0 Å². The van der Waals surface area contributed by atoms with Gasteiger partial charge in [-0.2, -0.15) is 0 Å². The minimum atomic E-state index is -3.53. The summed E-state index contributed by atoms with van der Waals surface area (Å²) in [5.41, 5.74) is 7.24. The molecule has 5 heteroatoms. The van der Waals surface area contributed by atoms with E-state index in [0.29, 0.717) is 17.9 Å². The first-order valence-corrected chi connectivity index (χ1v) is 10.3. The molecule has 0 amide bonds. The summed E-state index contributed by atoms with van der Waals surface area (Å²) in [6.07, 6.45) is 0.651. The van der Waals surface area contributed by atoms with Crippen LogP contribution in [0.1, 0.15) is 33.5 Å². The highest BCUT2D eigenvalue weighted by Gasteiger charge is 2.20. The van der Waals surface area contributed by atoms with E-state index in [1.807, 2.05) is 45.9 Å². The van der Waals surface area contributed by atoms with E-state index in [2.05, 4.69) is 28.8 Å². The Morgan fingerprint density at radius 2 is 1.62 bits per heavy atom. The normalized spacial score (nSPS) is 12.0. The Balaban J connectivity index is 1.82. The third-order valence-corrected chi connectivity index (χ3v) is 6.67. The summed E-state index contributed by atoms with van der Waals surface area (Å²) < 4.78 is 28.4. The fourth-order valence-electron chi connectivity index (χ4n) is 3.85. The molecule has 2 N–H and O–H groups in total. The number of fused-ring (bicyclic) bond motifs is 1. The quantitative estimate of drug-likeness (QED) is 0.706. The Labute approximate surface area is 155 Å². The van der Waals surface area contributed by atoms with Gasteiger partial charge in [-0.05, 0) is 63.3 Å². The molecule has 138 valence electrons. The van der Waals surface area contributed by atoms with E-state index < -0.39 is 10.0 Å². The molecule has 0 saturated carbocycles. The van der Waals surface area contributed by atoms with Crippen molar-refractivity contribution >= 4 is 20.9 Å².